The van der Waals surface area contributed by atoms with Gasteiger partial charge in [-0.2, -0.15) is 0 Å². The minimum absolute atomic E-state index is 1.04. The minimum atomic E-state index is 1.04. The molecule has 7 heterocycles. The number of hydrogen-bond acceptors (Lipinski definition) is 9. The molecule has 0 N–H and O–H groups in total. The Kier molecular flexibility index (Phi) is 24.3. The molecule has 0 spiro atoms. The number of aryl methyl sites for hydroxylation is 26. The Balaban J connectivity index is 0.000000152. The average molecular weight is 1440 g/mol. The van der Waals surface area contributed by atoms with Crippen LogP contribution in [-0.4, -0.2) is 9.97 Å². The first-order valence-corrected chi connectivity index (χ1v) is 39.2. The fraction of sp³-hybridized carbons (Fsp3) is 0.426. The van der Waals surface area contributed by atoms with Crippen LogP contribution in [0.25, 0.3) is 74.4 Å². The number of furan rings is 4. The highest BCUT2D eigenvalue weighted by Crippen LogP contribution is 2.42. The zero-order valence-electron chi connectivity index (χ0n) is 70.8. The third-order valence-electron chi connectivity index (χ3n) is 25.2. The van der Waals surface area contributed by atoms with Gasteiger partial charge in [0.2, 0.25) is 0 Å². The zero-order chi connectivity index (χ0) is 77.5. The summed E-state index contributed by atoms with van der Waals surface area (Å²) in [5.74, 6) is 4.17. The number of thiophene rings is 1. The van der Waals surface area contributed by atoms with Crippen molar-refractivity contribution in [3.05, 3.63) is 222 Å². The molecule has 0 saturated carbocycles. The molecule has 7 aromatic heterocycles. The van der Waals surface area contributed by atoms with E-state index in [9.17, 15) is 0 Å². The van der Waals surface area contributed by atoms with Gasteiger partial charge in [0.15, 0.2) is 0 Å². The van der Waals surface area contributed by atoms with E-state index in [4.69, 9.17) is 17.7 Å². The van der Waals surface area contributed by atoms with Crippen molar-refractivity contribution in [1.82, 2.24) is 9.97 Å². The van der Waals surface area contributed by atoms with Crippen LogP contribution in [0.3, 0.4) is 0 Å². The molecule has 103 heavy (non-hydrogen) atoms. The largest absolute Gasteiger partial charge is 0.461 e. The number of fused-ring (bicyclic) bond motifs is 7. The second-order valence-corrected chi connectivity index (χ2v) is 33.9. The Morgan fingerprint density at radius 1 is 0.165 bits per heavy atom. The molecule has 0 radical (unpaired) electrons. The van der Waals surface area contributed by atoms with Gasteiger partial charge in [-0.05, 0) is 466 Å². The van der Waals surface area contributed by atoms with Gasteiger partial charge in [0.05, 0.1) is 30.4 Å². The van der Waals surface area contributed by atoms with Crippen LogP contribution in [-0.2, 0) is 0 Å². The van der Waals surface area contributed by atoms with Crippen LogP contribution in [0, 0.1) is 277 Å². The first-order valence-electron chi connectivity index (χ1n) is 36.8. The molecule has 6 nitrogen and oxygen atoms in total. The molecular weight excluding hydrogens is 1320 g/mol. The van der Waals surface area contributed by atoms with Gasteiger partial charge in [-0.15, -0.1) is 34.0 Å². The van der Waals surface area contributed by atoms with E-state index in [-0.39, 0.29) is 0 Å². The fourth-order valence-corrected chi connectivity index (χ4v) is 18.3. The highest BCUT2D eigenvalue weighted by atomic mass is 32.1. The molecule has 0 bridgehead atoms. The Morgan fingerprint density at radius 2 is 0.359 bits per heavy atom. The van der Waals surface area contributed by atoms with Gasteiger partial charge in [-0.3, -0.25) is 0 Å². The summed E-state index contributed by atoms with van der Waals surface area (Å²) in [6, 6.07) is 0. The van der Waals surface area contributed by atoms with E-state index in [2.05, 4.69) is 259 Å². The number of rotatable bonds is 0. The van der Waals surface area contributed by atoms with E-state index in [1.165, 1.54) is 241 Å². The number of thiazole rings is 2. The first kappa shape index (κ1) is 81.1. The third kappa shape index (κ3) is 14.4. The Labute approximate surface area is 630 Å². The monoisotopic (exact) mass is 1440 g/mol. The van der Waals surface area contributed by atoms with Gasteiger partial charge in [0, 0.05) is 31.1 Å². The highest BCUT2D eigenvalue weighted by Gasteiger charge is 2.22. The third-order valence-corrected chi connectivity index (χ3v) is 28.7. The van der Waals surface area contributed by atoms with Crippen molar-refractivity contribution in [1.29, 1.82) is 0 Å². The molecule has 9 heteroatoms. The fourth-order valence-electron chi connectivity index (χ4n) is 15.0. The highest BCUT2D eigenvalue weighted by molar-refractivity contribution is 7.19. The Bertz CT molecular complexity index is 4940. The van der Waals surface area contributed by atoms with E-state index in [1.807, 2.05) is 39.0 Å². The number of aromatic nitrogens is 2. The van der Waals surface area contributed by atoms with Gasteiger partial charge in [0.1, 0.15) is 45.4 Å². The van der Waals surface area contributed by atoms with E-state index >= 15 is 0 Å². The predicted molar refractivity (Wildman–Crippen MR) is 455 cm³/mol. The second-order valence-electron chi connectivity index (χ2n) is 30.3. The minimum Gasteiger partial charge on any atom is -0.461 e. The smallest absolute Gasteiger partial charge is 0.137 e. The summed E-state index contributed by atoms with van der Waals surface area (Å²) < 4.78 is 27.6. The maximum absolute atomic E-state index is 5.85. The molecule has 7 aromatic carbocycles. The molecule has 0 fully saturated rings. The summed E-state index contributed by atoms with van der Waals surface area (Å²) in [4.78, 5) is 10.6. The quantitative estimate of drug-likeness (QED) is 0.151. The van der Waals surface area contributed by atoms with Gasteiger partial charge < -0.3 is 17.7 Å². The van der Waals surface area contributed by atoms with Crippen molar-refractivity contribution in [2.24, 2.45) is 0 Å². The summed E-state index contributed by atoms with van der Waals surface area (Å²) in [6.45, 7) is 86.6. The topological polar surface area (TPSA) is 78.3 Å². The lowest BCUT2D eigenvalue weighted by molar-refractivity contribution is 0.572. The summed E-state index contributed by atoms with van der Waals surface area (Å²) >= 11 is 5.55. The van der Waals surface area contributed by atoms with E-state index in [0.29, 0.717) is 0 Å². The van der Waals surface area contributed by atoms with Crippen molar-refractivity contribution in [2.75, 3.05) is 0 Å². The van der Waals surface area contributed by atoms with Crippen molar-refractivity contribution in [3.8, 4) is 0 Å². The van der Waals surface area contributed by atoms with E-state index in [1.54, 1.807) is 22.7 Å². The van der Waals surface area contributed by atoms with Crippen LogP contribution in [0.2, 0.25) is 0 Å². The van der Waals surface area contributed by atoms with Crippen molar-refractivity contribution >= 4 is 108 Å². The van der Waals surface area contributed by atoms with Crippen LogP contribution in [0.1, 0.15) is 222 Å². The van der Waals surface area contributed by atoms with Crippen LogP contribution in [0.5, 0.6) is 0 Å². The number of nitrogens with zero attached hydrogens (tertiary/aromatic N) is 2. The number of benzene rings is 7. The summed E-state index contributed by atoms with van der Waals surface area (Å²) in [5.41, 5.74) is 51.8. The molecule has 0 unspecified atom stereocenters. The van der Waals surface area contributed by atoms with E-state index < -0.39 is 0 Å². The van der Waals surface area contributed by atoms with Gasteiger partial charge in [-0.25, -0.2) is 9.97 Å². The Hall–Kier alpha value is -7.56. The molecule has 0 atom stereocenters. The van der Waals surface area contributed by atoms with Crippen LogP contribution in [0.15, 0.2) is 17.7 Å². The zero-order valence-corrected chi connectivity index (χ0v) is 73.2. The normalized spacial score (nSPS) is 11.3. The molecule has 14 rings (SSSR count). The maximum Gasteiger partial charge on any atom is 0.137 e. The molecule has 548 valence electrons. The first-order chi connectivity index (χ1) is 47.8. The molecular formula is C94H120N2O4S3. The van der Waals surface area contributed by atoms with Gasteiger partial charge >= 0.3 is 0 Å². The predicted octanol–water partition coefficient (Wildman–Crippen LogP) is 29.6. The molecule has 0 aliphatic carbocycles. The lowest BCUT2D eigenvalue weighted by Gasteiger charge is -2.11. The van der Waals surface area contributed by atoms with Crippen molar-refractivity contribution < 1.29 is 17.7 Å². The summed E-state index contributed by atoms with van der Waals surface area (Å²) in [5, 5.41) is 9.08. The molecule has 0 saturated heterocycles. The van der Waals surface area contributed by atoms with Gasteiger partial charge in [-0.1, -0.05) is 0 Å². The van der Waals surface area contributed by atoms with Gasteiger partial charge in [0.25, 0.3) is 0 Å². The lowest BCUT2D eigenvalue weighted by Crippen LogP contribution is -1.92. The lowest BCUT2D eigenvalue weighted by atomic mass is 9.94. The summed E-state index contributed by atoms with van der Waals surface area (Å²) in [6.07, 6.45) is 0. The molecule has 0 aliphatic heterocycles. The molecule has 14 aromatic rings. The summed E-state index contributed by atoms with van der Waals surface area (Å²) in [7, 11) is 0. The molecule has 0 amide bonds. The van der Waals surface area contributed by atoms with Crippen molar-refractivity contribution in [3.63, 3.8) is 0 Å². The van der Waals surface area contributed by atoms with E-state index in [0.717, 1.165) is 55.4 Å². The molecule has 0 aliphatic rings. The van der Waals surface area contributed by atoms with Crippen molar-refractivity contribution in [2.45, 2.75) is 277 Å². The SMILES string of the molecule is Cc1nc2c(C)c(C)c(C)c(C)c2s1.Cc1nc2c(C)c(C)c(C)c(C)c2s1.Cc1oc2c(C)c(C)c(C)c(C)c2c1C.Cc1oc2c(C)c(C)c(C)c(C)c2c1C.Cc1oc2c(C)c(C)c(C)c(C)c2c1C.Cc1oc2c(C)c(C)c(C)c(C)c2c1C.Cc1sc2c(C)c(C)c(C)c(C)c2c1C. The Morgan fingerprint density at radius 3 is 0.602 bits per heavy atom. The average Bonchev–Trinajstić information content (AvgIpc) is 1.71. The maximum atomic E-state index is 5.85. The van der Waals surface area contributed by atoms with Crippen LogP contribution in [0.4, 0.5) is 0 Å². The second kappa shape index (κ2) is 30.9. The standard InChI is InChI=1S/4C14H18O.C14H18S.2C12H15NS/c5*1-7-8(2)10(4)14-13(9(7)3)11(5)12(6)15-14;2*1-6-7(2)9(4)12-11(8(6)3)13-10(5)14-12/h5*1-6H3;2*1-5H3. The number of hydrogen-bond donors (Lipinski definition) is 0. The van der Waals surface area contributed by atoms with Crippen LogP contribution >= 0.6 is 34.0 Å². The van der Waals surface area contributed by atoms with Crippen LogP contribution < -0.4 is 0 Å².